The van der Waals surface area contributed by atoms with Gasteiger partial charge in [0.2, 0.25) is 23.6 Å². The Labute approximate surface area is 352 Å². The predicted molar refractivity (Wildman–Crippen MR) is 229 cm³/mol. The number of thiol groups is 2. The van der Waals surface area contributed by atoms with Crippen molar-refractivity contribution in [3.05, 3.63) is 23.3 Å². The Morgan fingerprint density at radius 3 is 1.55 bits per heavy atom. The molecule has 0 aromatic carbocycles. The number of amides is 5. The lowest BCUT2D eigenvalue weighted by Crippen LogP contribution is -2.49. The minimum absolute atomic E-state index is 0.0463. The Balaban J connectivity index is 1.39. The molecule has 2 heterocycles. The molecule has 56 heavy (non-hydrogen) atoms. The van der Waals surface area contributed by atoms with Crippen molar-refractivity contribution in [3.8, 4) is 0 Å². The zero-order chi connectivity index (χ0) is 40.8. The van der Waals surface area contributed by atoms with Crippen LogP contribution in [0.1, 0.15) is 86.0 Å². The van der Waals surface area contributed by atoms with E-state index in [0.29, 0.717) is 63.1 Å². The largest absolute Gasteiger partial charge is 0.444 e. The maximum absolute atomic E-state index is 13.7. The van der Waals surface area contributed by atoms with E-state index in [9.17, 15) is 24.0 Å². The van der Waals surface area contributed by atoms with Gasteiger partial charge in [0.15, 0.2) is 0 Å². The first-order chi connectivity index (χ1) is 26.8. The van der Waals surface area contributed by atoms with E-state index in [1.807, 2.05) is 12.2 Å². The number of hydrogen-bond acceptors (Lipinski definition) is 12. The standard InChI is InChI=1S/C39H63N5O8S4/c1-6-8-22-50-30-26(12-10-14-28(30)34(47)43-20-24-55-37(43)53)32(45)40-16-18-42(36(49)52-39(3,4)5)19-17-41-33(46)27-13-11-15-29(31(27)51-23-9-7-2)35(48)44-21-25-56-38(44)54/h12-13,28-31,37-38,53-54H,6-11,14-25H2,1-5H3,(H,40,45)(H,41,46)/t28-,29+,30?,31?,37?,38?. The minimum atomic E-state index is -0.767. The fourth-order valence-corrected chi connectivity index (χ4v) is 9.98. The topological polar surface area (TPSA) is 147 Å². The Hall–Kier alpha value is -2.05. The first kappa shape index (κ1) is 46.6. The molecule has 2 aliphatic heterocycles. The van der Waals surface area contributed by atoms with Crippen LogP contribution in [0.3, 0.4) is 0 Å². The molecular weight excluding hydrogens is 795 g/mol. The van der Waals surface area contributed by atoms with Crippen LogP contribution in [0.25, 0.3) is 0 Å². The van der Waals surface area contributed by atoms with Crippen molar-refractivity contribution < 1.29 is 38.2 Å². The Kier molecular flexibility index (Phi) is 19.1. The van der Waals surface area contributed by atoms with Gasteiger partial charge < -0.3 is 39.5 Å². The molecule has 2 saturated heterocycles. The summed E-state index contributed by atoms with van der Waals surface area (Å²) in [5.41, 5.74) is 0.0771. The lowest BCUT2D eigenvalue weighted by Gasteiger charge is -2.34. The van der Waals surface area contributed by atoms with Crippen LogP contribution < -0.4 is 10.6 Å². The molecule has 13 nitrogen and oxygen atoms in total. The molecule has 316 valence electrons. The maximum atomic E-state index is 13.7. The van der Waals surface area contributed by atoms with Gasteiger partial charge in [0.1, 0.15) is 15.0 Å². The molecule has 0 spiro atoms. The summed E-state index contributed by atoms with van der Waals surface area (Å²) in [6.45, 7) is 12.0. The van der Waals surface area contributed by atoms with Crippen LogP contribution in [0.15, 0.2) is 23.3 Å². The number of unbranched alkanes of at least 4 members (excludes halogenated alkanes) is 2. The van der Waals surface area contributed by atoms with Crippen molar-refractivity contribution in [2.24, 2.45) is 11.8 Å². The highest BCUT2D eigenvalue weighted by molar-refractivity contribution is 8.10. The SMILES string of the molecule is CCCCOC1C(C(=O)NCCN(CCNC(=O)C2=CCC[C@@H](C(=O)N3CCSC3S)C2OCCCC)C(=O)OC(C)(C)C)=CCC[C@@H]1C(=O)N1CCSC1S. The van der Waals surface area contributed by atoms with Gasteiger partial charge in [-0.05, 0) is 59.3 Å². The molecule has 5 amide bonds. The van der Waals surface area contributed by atoms with E-state index in [2.05, 4.69) is 49.7 Å². The lowest BCUT2D eigenvalue weighted by molar-refractivity contribution is -0.141. The summed E-state index contributed by atoms with van der Waals surface area (Å²) >= 11 is 12.4. The Morgan fingerprint density at radius 2 is 1.20 bits per heavy atom. The van der Waals surface area contributed by atoms with Gasteiger partial charge in [0.05, 0.1) is 24.0 Å². The van der Waals surface area contributed by atoms with Crippen LogP contribution in [0.5, 0.6) is 0 Å². The summed E-state index contributed by atoms with van der Waals surface area (Å²) < 4.78 is 17.7. The molecule has 2 N–H and O–H groups in total. The van der Waals surface area contributed by atoms with Crippen LogP contribution >= 0.6 is 48.8 Å². The van der Waals surface area contributed by atoms with Crippen molar-refractivity contribution >= 4 is 78.5 Å². The second kappa shape index (κ2) is 22.9. The highest BCUT2D eigenvalue weighted by atomic mass is 32.2. The van der Waals surface area contributed by atoms with Gasteiger partial charge in [0, 0.05) is 75.1 Å². The van der Waals surface area contributed by atoms with E-state index in [1.54, 1.807) is 54.1 Å². The number of hydrogen-bond donors (Lipinski definition) is 4. The number of thioether (sulfide) groups is 2. The molecule has 4 aliphatic rings. The van der Waals surface area contributed by atoms with Crippen molar-refractivity contribution in [1.82, 2.24) is 25.3 Å². The molecular formula is C39H63N5O8S4. The van der Waals surface area contributed by atoms with Crippen LogP contribution in [-0.4, -0.2) is 136 Å². The summed E-state index contributed by atoms with van der Waals surface area (Å²) in [5.74, 6) is -0.134. The molecule has 4 unspecified atom stereocenters. The zero-order valence-electron chi connectivity index (χ0n) is 33.7. The number of nitrogens with zero attached hydrogens (tertiary/aromatic N) is 3. The highest BCUT2D eigenvalue weighted by Gasteiger charge is 2.43. The summed E-state index contributed by atoms with van der Waals surface area (Å²) in [4.78, 5) is 73.1. The van der Waals surface area contributed by atoms with Gasteiger partial charge >= 0.3 is 6.09 Å². The fraction of sp³-hybridized carbons (Fsp3) is 0.769. The number of nitrogens with one attached hydrogen (secondary N) is 2. The summed E-state index contributed by atoms with van der Waals surface area (Å²) in [7, 11) is 0. The van der Waals surface area contributed by atoms with Crippen molar-refractivity contribution in [2.45, 2.75) is 113 Å². The lowest BCUT2D eigenvalue weighted by atomic mass is 9.84. The molecule has 0 saturated carbocycles. The monoisotopic (exact) mass is 857 g/mol. The molecule has 2 fully saturated rings. The van der Waals surface area contributed by atoms with E-state index in [1.165, 1.54) is 4.90 Å². The first-order valence-corrected chi connectivity index (χ1v) is 23.3. The van der Waals surface area contributed by atoms with Crippen molar-refractivity contribution in [1.29, 1.82) is 0 Å². The van der Waals surface area contributed by atoms with Crippen LogP contribution in [0.2, 0.25) is 0 Å². The smallest absolute Gasteiger partial charge is 0.410 e. The fourth-order valence-electron chi connectivity index (χ4n) is 7.09. The molecule has 0 bridgehead atoms. The predicted octanol–water partition coefficient (Wildman–Crippen LogP) is 5.08. The number of allylic oxidation sites excluding steroid dienone is 2. The van der Waals surface area contributed by atoms with Gasteiger partial charge in [-0.25, -0.2) is 4.79 Å². The molecule has 0 aromatic heterocycles. The van der Waals surface area contributed by atoms with Crippen LogP contribution in [-0.2, 0) is 33.4 Å². The Bertz CT molecular complexity index is 1340. The number of ether oxygens (including phenoxy) is 3. The molecule has 2 aliphatic carbocycles. The second-order valence-electron chi connectivity index (χ2n) is 15.4. The molecule has 0 aromatic rings. The zero-order valence-corrected chi connectivity index (χ0v) is 37.1. The average molecular weight is 858 g/mol. The quantitative estimate of drug-likeness (QED) is 0.109. The Morgan fingerprint density at radius 1 is 0.768 bits per heavy atom. The van der Waals surface area contributed by atoms with Crippen molar-refractivity contribution in [2.75, 3.05) is 64.0 Å². The molecule has 4 rings (SSSR count). The van der Waals surface area contributed by atoms with E-state index in [4.69, 9.17) is 14.2 Å². The van der Waals surface area contributed by atoms with Crippen LogP contribution in [0.4, 0.5) is 4.79 Å². The minimum Gasteiger partial charge on any atom is -0.444 e. The number of carbonyl (C=O) groups is 5. The first-order valence-electron chi connectivity index (χ1n) is 20.1. The highest BCUT2D eigenvalue weighted by Crippen LogP contribution is 2.36. The number of carbonyl (C=O) groups excluding carboxylic acids is 5. The molecule has 0 radical (unpaired) electrons. The summed E-state index contributed by atoms with van der Waals surface area (Å²) in [6.07, 6.45) is 7.50. The third-order valence-electron chi connectivity index (χ3n) is 10.1. The van der Waals surface area contributed by atoms with Gasteiger partial charge in [0.25, 0.3) is 0 Å². The van der Waals surface area contributed by atoms with E-state index in [-0.39, 0.29) is 59.2 Å². The normalized spacial score (nSPS) is 25.3. The van der Waals surface area contributed by atoms with Crippen molar-refractivity contribution in [3.63, 3.8) is 0 Å². The second-order valence-corrected chi connectivity index (χ2v) is 19.5. The average Bonchev–Trinajstić information content (AvgIpc) is 3.80. The van der Waals surface area contributed by atoms with E-state index in [0.717, 1.165) is 37.2 Å². The van der Waals surface area contributed by atoms with Gasteiger partial charge in [-0.2, -0.15) is 0 Å². The van der Waals surface area contributed by atoms with E-state index < -0.39 is 35.7 Å². The summed E-state index contributed by atoms with van der Waals surface area (Å²) in [6, 6.07) is 0. The third-order valence-corrected chi connectivity index (χ3v) is 13.5. The van der Waals surface area contributed by atoms with E-state index >= 15 is 0 Å². The molecule has 17 heteroatoms. The summed E-state index contributed by atoms with van der Waals surface area (Å²) in [5, 5.41) is 5.89. The van der Waals surface area contributed by atoms with Crippen LogP contribution in [0, 0.1) is 11.8 Å². The molecule has 6 atom stereocenters. The van der Waals surface area contributed by atoms with Gasteiger partial charge in [-0.1, -0.05) is 38.8 Å². The van der Waals surface area contributed by atoms with Gasteiger partial charge in [-0.3, -0.25) is 19.2 Å². The number of rotatable bonds is 18. The van der Waals surface area contributed by atoms with Gasteiger partial charge in [-0.15, -0.1) is 48.8 Å². The maximum Gasteiger partial charge on any atom is 0.410 e. The third kappa shape index (κ3) is 13.2.